The van der Waals surface area contributed by atoms with E-state index >= 15 is 0 Å². The highest BCUT2D eigenvalue weighted by Crippen LogP contribution is 2.26. The summed E-state index contributed by atoms with van der Waals surface area (Å²) in [7, 11) is 0. The van der Waals surface area contributed by atoms with Crippen molar-refractivity contribution in [2.45, 2.75) is 33.0 Å². The molecule has 33 heavy (non-hydrogen) atoms. The van der Waals surface area contributed by atoms with Crippen molar-refractivity contribution in [3.63, 3.8) is 0 Å². The van der Waals surface area contributed by atoms with Gasteiger partial charge in [0.25, 0.3) is 5.91 Å². The SMILES string of the molecule is C=N/C(=C\C=C(/C)C(F)(F)F)NC[C@H](C)N(CC)C(=O)c1cccc(F)c1-c1ncccn1. The zero-order chi connectivity index (χ0) is 24.6. The van der Waals surface area contributed by atoms with Gasteiger partial charge in [0.2, 0.25) is 0 Å². The Labute approximate surface area is 189 Å². The van der Waals surface area contributed by atoms with Gasteiger partial charge in [0.05, 0.1) is 11.1 Å². The summed E-state index contributed by atoms with van der Waals surface area (Å²) in [5.41, 5.74) is -0.676. The molecule has 10 heteroatoms. The first-order valence-corrected chi connectivity index (χ1v) is 10.1. The number of nitrogens with zero attached hydrogens (tertiary/aromatic N) is 4. The van der Waals surface area contributed by atoms with E-state index in [4.69, 9.17) is 0 Å². The lowest BCUT2D eigenvalue weighted by molar-refractivity contribution is -0.0913. The number of carbonyl (C=O) groups excluding carboxylic acids is 1. The molecule has 0 unspecified atom stereocenters. The summed E-state index contributed by atoms with van der Waals surface area (Å²) in [4.78, 5) is 26.6. The van der Waals surface area contributed by atoms with Gasteiger partial charge in [-0.1, -0.05) is 12.1 Å². The Morgan fingerprint density at radius 2 is 1.91 bits per heavy atom. The molecule has 2 rings (SSSR count). The zero-order valence-corrected chi connectivity index (χ0v) is 18.5. The molecule has 1 atom stereocenters. The summed E-state index contributed by atoms with van der Waals surface area (Å²) >= 11 is 0. The predicted molar refractivity (Wildman–Crippen MR) is 119 cm³/mol. The third-order valence-electron chi connectivity index (χ3n) is 4.85. The van der Waals surface area contributed by atoms with Gasteiger partial charge < -0.3 is 10.2 Å². The second-order valence-corrected chi connectivity index (χ2v) is 7.11. The van der Waals surface area contributed by atoms with E-state index in [1.807, 2.05) is 0 Å². The first kappa shape index (κ1) is 25.7. The average molecular weight is 463 g/mol. The first-order chi connectivity index (χ1) is 15.6. The maximum Gasteiger partial charge on any atom is 0.412 e. The quantitative estimate of drug-likeness (QED) is 0.330. The predicted octanol–water partition coefficient (Wildman–Crippen LogP) is 4.77. The summed E-state index contributed by atoms with van der Waals surface area (Å²) in [6.45, 7) is 8.31. The van der Waals surface area contributed by atoms with E-state index in [9.17, 15) is 22.4 Å². The van der Waals surface area contributed by atoms with Crippen LogP contribution in [0, 0.1) is 5.82 Å². The lowest BCUT2D eigenvalue weighted by Gasteiger charge is -2.29. The molecule has 1 amide bonds. The molecule has 0 saturated heterocycles. The normalized spacial score (nSPS) is 13.4. The molecule has 0 spiro atoms. The largest absolute Gasteiger partial charge is 0.412 e. The van der Waals surface area contributed by atoms with Crippen LogP contribution < -0.4 is 5.32 Å². The van der Waals surface area contributed by atoms with Crippen molar-refractivity contribution in [3.05, 3.63) is 71.6 Å². The number of carbonyl (C=O) groups is 1. The Kier molecular flexibility index (Phi) is 8.84. The molecule has 0 bridgehead atoms. The Bertz CT molecular complexity index is 1030. The molecule has 0 saturated carbocycles. The maximum absolute atomic E-state index is 14.6. The van der Waals surface area contributed by atoms with Crippen LogP contribution in [0.3, 0.4) is 0 Å². The summed E-state index contributed by atoms with van der Waals surface area (Å²) in [6.07, 6.45) is 0.532. The van der Waals surface area contributed by atoms with E-state index in [1.165, 1.54) is 35.5 Å². The molecular weight excluding hydrogens is 438 g/mol. The van der Waals surface area contributed by atoms with Gasteiger partial charge in [0.15, 0.2) is 5.82 Å². The second-order valence-electron chi connectivity index (χ2n) is 7.11. The van der Waals surface area contributed by atoms with Crippen molar-refractivity contribution in [2.75, 3.05) is 13.1 Å². The van der Waals surface area contributed by atoms with E-state index < -0.39 is 29.5 Å². The van der Waals surface area contributed by atoms with Crippen LogP contribution in [0.25, 0.3) is 11.4 Å². The summed E-state index contributed by atoms with van der Waals surface area (Å²) < 4.78 is 52.6. The number of likely N-dealkylation sites (N-methyl/N-ethyl adjacent to an activating group) is 1. The number of aliphatic imine (C=N–C) groups is 1. The number of amides is 1. The van der Waals surface area contributed by atoms with E-state index in [2.05, 4.69) is 27.0 Å². The van der Waals surface area contributed by atoms with Crippen molar-refractivity contribution >= 4 is 12.6 Å². The molecule has 176 valence electrons. The van der Waals surface area contributed by atoms with E-state index in [0.29, 0.717) is 6.54 Å². The number of aromatic nitrogens is 2. The number of hydrogen-bond donors (Lipinski definition) is 1. The minimum Gasteiger partial charge on any atom is -0.368 e. The van der Waals surface area contributed by atoms with E-state index in [-0.39, 0.29) is 29.3 Å². The fraction of sp³-hybridized carbons (Fsp3) is 0.304. The second kappa shape index (κ2) is 11.3. The average Bonchev–Trinajstić information content (AvgIpc) is 2.79. The van der Waals surface area contributed by atoms with E-state index in [0.717, 1.165) is 19.1 Å². The Hall–Kier alpha value is -3.56. The fourth-order valence-corrected chi connectivity index (χ4v) is 3.00. The summed E-state index contributed by atoms with van der Waals surface area (Å²) in [5.74, 6) is -0.841. The van der Waals surface area contributed by atoms with Gasteiger partial charge in [0, 0.05) is 37.1 Å². The Morgan fingerprint density at radius 1 is 1.24 bits per heavy atom. The van der Waals surface area contributed by atoms with Crippen LogP contribution in [0.15, 0.2) is 65.2 Å². The third kappa shape index (κ3) is 6.71. The molecule has 0 aliphatic rings. The number of benzene rings is 1. The molecule has 0 fully saturated rings. The van der Waals surface area contributed by atoms with Crippen LogP contribution in [0.4, 0.5) is 17.6 Å². The molecule has 1 N–H and O–H groups in total. The monoisotopic (exact) mass is 463 g/mol. The molecule has 0 aliphatic carbocycles. The third-order valence-corrected chi connectivity index (χ3v) is 4.85. The Morgan fingerprint density at radius 3 is 2.48 bits per heavy atom. The number of rotatable bonds is 9. The van der Waals surface area contributed by atoms with Gasteiger partial charge in [-0.25, -0.2) is 19.4 Å². The van der Waals surface area contributed by atoms with Crippen molar-refractivity contribution in [2.24, 2.45) is 4.99 Å². The fourth-order valence-electron chi connectivity index (χ4n) is 3.00. The van der Waals surface area contributed by atoms with E-state index in [1.54, 1.807) is 19.9 Å². The number of nitrogens with one attached hydrogen (secondary N) is 1. The highest BCUT2D eigenvalue weighted by atomic mass is 19.4. The van der Waals surface area contributed by atoms with Crippen molar-refractivity contribution in [1.82, 2.24) is 20.2 Å². The molecule has 2 aromatic rings. The topological polar surface area (TPSA) is 70.5 Å². The number of allylic oxidation sites excluding steroid dienone is 3. The van der Waals surface area contributed by atoms with Gasteiger partial charge >= 0.3 is 6.18 Å². The highest BCUT2D eigenvalue weighted by molar-refractivity contribution is 6.00. The molecule has 0 radical (unpaired) electrons. The minimum absolute atomic E-state index is 0.00261. The van der Waals surface area contributed by atoms with Gasteiger partial charge in [0.1, 0.15) is 11.6 Å². The Balaban J connectivity index is 2.23. The standard InChI is InChI=1S/C23H25F4N5O/c1-5-32(16(3)14-31-19(28-4)11-10-15(2)23(25,26)27)22(33)17-8-6-9-18(24)20(17)21-29-12-7-13-30-21/h6-13,16,31H,4-5,14H2,1-3H3/b15-10+,19-11+/t16-/m0/s1. The molecule has 1 aromatic carbocycles. The molecule has 0 aliphatic heterocycles. The number of halogens is 4. The summed E-state index contributed by atoms with van der Waals surface area (Å²) in [6, 6.07) is 5.34. The zero-order valence-electron chi connectivity index (χ0n) is 18.5. The minimum atomic E-state index is -4.44. The van der Waals surface area contributed by atoms with Crippen LogP contribution in [0.1, 0.15) is 31.1 Å². The van der Waals surface area contributed by atoms with Crippen LogP contribution in [-0.2, 0) is 0 Å². The van der Waals surface area contributed by atoms with Crippen molar-refractivity contribution in [3.8, 4) is 11.4 Å². The number of hydrogen-bond acceptors (Lipinski definition) is 5. The van der Waals surface area contributed by atoms with Gasteiger partial charge in [-0.15, -0.1) is 0 Å². The van der Waals surface area contributed by atoms with Crippen LogP contribution >= 0.6 is 0 Å². The summed E-state index contributed by atoms with van der Waals surface area (Å²) in [5, 5.41) is 2.88. The van der Waals surface area contributed by atoms with Crippen molar-refractivity contribution in [1.29, 1.82) is 0 Å². The molecule has 6 nitrogen and oxygen atoms in total. The molecular formula is C23H25F4N5O. The van der Waals surface area contributed by atoms with Gasteiger partial charge in [-0.3, -0.25) is 4.79 Å². The maximum atomic E-state index is 14.6. The lowest BCUT2D eigenvalue weighted by Crippen LogP contribution is -2.44. The molecule has 1 aromatic heterocycles. The van der Waals surface area contributed by atoms with Crippen molar-refractivity contribution < 1.29 is 22.4 Å². The van der Waals surface area contributed by atoms with Crippen LogP contribution in [-0.4, -0.2) is 52.8 Å². The van der Waals surface area contributed by atoms with Gasteiger partial charge in [-0.2, -0.15) is 13.2 Å². The van der Waals surface area contributed by atoms with Crippen LogP contribution in [0.2, 0.25) is 0 Å². The highest BCUT2D eigenvalue weighted by Gasteiger charge is 2.29. The van der Waals surface area contributed by atoms with Crippen LogP contribution in [0.5, 0.6) is 0 Å². The lowest BCUT2D eigenvalue weighted by atomic mass is 10.0. The number of alkyl halides is 3. The molecule has 1 heterocycles. The first-order valence-electron chi connectivity index (χ1n) is 10.1. The van der Waals surface area contributed by atoms with Gasteiger partial charge in [-0.05, 0) is 51.8 Å². The smallest absolute Gasteiger partial charge is 0.368 e.